The molecule has 1 aliphatic heterocycles. The van der Waals surface area contributed by atoms with Crippen molar-refractivity contribution in [3.05, 3.63) is 23.1 Å². The highest BCUT2D eigenvalue weighted by molar-refractivity contribution is 6.30. The van der Waals surface area contributed by atoms with Gasteiger partial charge in [0, 0.05) is 19.2 Å². The molecule has 0 aromatic carbocycles. The van der Waals surface area contributed by atoms with Crippen LogP contribution < -0.4 is 0 Å². The fraction of sp³-hybridized carbons (Fsp3) is 0.455. The summed E-state index contributed by atoms with van der Waals surface area (Å²) in [5.41, 5.74) is 0. The van der Waals surface area contributed by atoms with Crippen LogP contribution in [0.5, 0.6) is 0 Å². The molecule has 1 aromatic heterocycles. The van der Waals surface area contributed by atoms with Gasteiger partial charge in [-0.05, 0) is 12.8 Å². The van der Waals surface area contributed by atoms with Crippen LogP contribution in [0.3, 0.4) is 0 Å². The molecule has 0 bridgehead atoms. The summed E-state index contributed by atoms with van der Waals surface area (Å²) in [5, 5.41) is 9.23. The number of aliphatic carboxylic acids is 1. The molecule has 1 amide bonds. The number of furan rings is 1. The predicted molar refractivity (Wildman–Crippen MR) is 60.0 cm³/mol. The molecule has 92 valence electrons. The van der Waals surface area contributed by atoms with Crippen LogP contribution in [0.4, 0.5) is 0 Å². The van der Waals surface area contributed by atoms with E-state index in [0.29, 0.717) is 31.0 Å². The number of hydrogen-bond acceptors (Lipinski definition) is 3. The summed E-state index contributed by atoms with van der Waals surface area (Å²) in [6.45, 7) is 0.877. The Bertz CT molecular complexity index is 434. The van der Waals surface area contributed by atoms with E-state index >= 15 is 0 Å². The second-order valence-electron chi connectivity index (χ2n) is 4.03. The van der Waals surface area contributed by atoms with Gasteiger partial charge in [-0.2, -0.15) is 0 Å². The molecule has 1 N–H and O–H groups in total. The first kappa shape index (κ1) is 12.0. The van der Waals surface area contributed by atoms with Gasteiger partial charge in [0.2, 0.25) is 0 Å². The summed E-state index contributed by atoms with van der Waals surface area (Å²) >= 11 is 5.67. The molecule has 0 saturated carbocycles. The van der Waals surface area contributed by atoms with E-state index in [4.69, 9.17) is 21.1 Å². The number of carboxylic acid groups (broad SMARTS) is 1. The van der Waals surface area contributed by atoms with Crippen molar-refractivity contribution in [3.63, 3.8) is 0 Å². The monoisotopic (exact) mass is 257 g/mol. The van der Waals surface area contributed by atoms with Gasteiger partial charge in [-0.3, -0.25) is 9.59 Å². The van der Waals surface area contributed by atoms with Crippen LogP contribution in [-0.4, -0.2) is 35.0 Å². The molecule has 1 fully saturated rings. The normalized spacial score (nSPS) is 17.1. The van der Waals surface area contributed by atoms with E-state index in [1.807, 2.05) is 0 Å². The first-order valence-electron chi connectivity index (χ1n) is 5.34. The number of carboxylic acids is 1. The number of hydrogen-bond donors (Lipinski definition) is 1. The standard InChI is InChI=1S/C11H12ClNO4/c12-8-5-9(17-6-8)10(14)13-3-1-7(2-4-13)11(15)16/h5-7H,1-4H2,(H,15,16). The second-order valence-corrected chi connectivity index (χ2v) is 4.47. The summed E-state index contributed by atoms with van der Waals surface area (Å²) in [7, 11) is 0. The van der Waals surface area contributed by atoms with Gasteiger partial charge in [-0.15, -0.1) is 0 Å². The SMILES string of the molecule is O=C(O)C1CCN(C(=O)c2cc(Cl)co2)CC1. The number of carbonyl (C=O) groups excluding carboxylic acids is 1. The molecule has 2 heterocycles. The van der Waals surface area contributed by atoms with E-state index in [1.165, 1.54) is 12.3 Å². The number of piperidine rings is 1. The summed E-state index contributed by atoms with van der Waals surface area (Å²) in [6.07, 6.45) is 2.27. The molecule has 1 aromatic rings. The molecule has 1 aliphatic rings. The molecule has 0 unspecified atom stereocenters. The molecule has 0 radical (unpaired) electrons. The van der Waals surface area contributed by atoms with Crippen molar-refractivity contribution >= 4 is 23.5 Å². The lowest BCUT2D eigenvalue weighted by molar-refractivity contribution is -0.143. The van der Waals surface area contributed by atoms with Crippen molar-refractivity contribution in [3.8, 4) is 0 Å². The van der Waals surface area contributed by atoms with Crippen molar-refractivity contribution in [1.82, 2.24) is 4.90 Å². The molecule has 2 rings (SSSR count). The van der Waals surface area contributed by atoms with Crippen LogP contribution in [0.1, 0.15) is 23.4 Å². The molecule has 5 nitrogen and oxygen atoms in total. The van der Waals surface area contributed by atoms with Crippen LogP contribution in [0.2, 0.25) is 5.02 Å². The van der Waals surface area contributed by atoms with Crippen molar-refractivity contribution in [2.24, 2.45) is 5.92 Å². The third-order valence-electron chi connectivity index (χ3n) is 2.91. The first-order valence-corrected chi connectivity index (χ1v) is 5.72. The summed E-state index contributed by atoms with van der Waals surface area (Å²) in [4.78, 5) is 24.3. The van der Waals surface area contributed by atoms with Crippen LogP contribution in [0.25, 0.3) is 0 Å². The Kier molecular flexibility index (Phi) is 3.38. The van der Waals surface area contributed by atoms with E-state index in [1.54, 1.807) is 4.90 Å². The molecular formula is C11H12ClNO4. The average molecular weight is 258 g/mol. The van der Waals surface area contributed by atoms with E-state index < -0.39 is 5.97 Å². The number of likely N-dealkylation sites (tertiary alicyclic amines) is 1. The maximum atomic E-state index is 11.9. The first-order chi connectivity index (χ1) is 8.08. The quantitative estimate of drug-likeness (QED) is 0.878. The summed E-state index contributed by atoms with van der Waals surface area (Å²) < 4.78 is 5.01. The Balaban J connectivity index is 1.97. The van der Waals surface area contributed by atoms with Gasteiger partial charge >= 0.3 is 5.97 Å². The van der Waals surface area contributed by atoms with Gasteiger partial charge in [0.05, 0.1) is 10.9 Å². The maximum Gasteiger partial charge on any atom is 0.306 e. The minimum Gasteiger partial charge on any atom is -0.481 e. The Morgan fingerprint density at radius 3 is 2.53 bits per heavy atom. The molecule has 0 atom stereocenters. The Hall–Kier alpha value is -1.49. The smallest absolute Gasteiger partial charge is 0.306 e. The highest BCUT2D eigenvalue weighted by Crippen LogP contribution is 2.21. The zero-order chi connectivity index (χ0) is 12.4. The van der Waals surface area contributed by atoms with E-state index in [0.717, 1.165) is 0 Å². The number of halogens is 1. The maximum absolute atomic E-state index is 11.9. The minimum atomic E-state index is -0.793. The lowest BCUT2D eigenvalue weighted by Crippen LogP contribution is -2.40. The van der Waals surface area contributed by atoms with Crippen LogP contribution in [0.15, 0.2) is 16.7 Å². The van der Waals surface area contributed by atoms with Gasteiger partial charge in [-0.1, -0.05) is 11.6 Å². The third-order valence-corrected chi connectivity index (χ3v) is 3.11. The summed E-state index contributed by atoms with van der Waals surface area (Å²) in [6, 6.07) is 1.47. The third kappa shape index (κ3) is 2.61. The molecule has 1 saturated heterocycles. The number of carbonyl (C=O) groups is 2. The van der Waals surface area contributed by atoms with Crippen LogP contribution in [-0.2, 0) is 4.79 Å². The number of amides is 1. The Labute approximate surface area is 103 Å². The van der Waals surface area contributed by atoms with Gasteiger partial charge < -0.3 is 14.4 Å². The summed E-state index contributed by atoms with van der Waals surface area (Å²) in [5.74, 6) is -1.18. The zero-order valence-corrected chi connectivity index (χ0v) is 9.81. The second kappa shape index (κ2) is 4.79. The molecular weight excluding hydrogens is 246 g/mol. The van der Waals surface area contributed by atoms with Crippen molar-refractivity contribution < 1.29 is 19.1 Å². The van der Waals surface area contributed by atoms with Gasteiger partial charge in [-0.25, -0.2) is 0 Å². The molecule has 0 aliphatic carbocycles. The fourth-order valence-electron chi connectivity index (χ4n) is 1.91. The average Bonchev–Trinajstić information content (AvgIpc) is 2.75. The lowest BCUT2D eigenvalue weighted by Gasteiger charge is -2.29. The largest absolute Gasteiger partial charge is 0.481 e. The van der Waals surface area contributed by atoms with E-state index in [-0.39, 0.29) is 17.6 Å². The van der Waals surface area contributed by atoms with Crippen molar-refractivity contribution in [1.29, 1.82) is 0 Å². The van der Waals surface area contributed by atoms with Gasteiger partial charge in [0.25, 0.3) is 5.91 Å². The Morgan fingerprint density at radius 2 is 2.06 bits per heavy atom. The Morgan fingerprint density at radius 1 is 1.41 bits per heavy atom. The van der Waals surface area contributed by atoms with Gasteiger partial charge in [0.1, 0.15) is 6.26 Å². The lowest BCUT2D eigenvalue weighted by atomic mass is 9.97. The predicted octanol–water partition coefficient (Wildman–Crippen LogP) is 1.87. The molecule has 6 heteroatoms. The zero-order valence-electron chi connectivity index (χ0n) is 9.06. The van der Waals surface area contributed by atoms with Gasteiger partial charge in [0.15, 0.2) is 5.76 Å². The van der Waals surface area contributed by atoms with E-state index in [2.05, 4.69) is 0 Å². The highest BCUT2D eigenvalue weighted by Gasteiger charge is 2.28. The topological polar surface area (TPSA) is 70.8 Å². The minimum absolute atomic E-state index is 0.198. The van der Waals surface area contributed by atoms with Crippen LogP contribution in [0, 0.1) is 5.92 Å². The number of nitrogens with zero attached hydrogens (tertiary/aromatic N) is 1. The molecule has 17 heavy (non-hydrogen) atoms. The van der Waals surface area contributed by atoms with Crippen molar-refractivity contribution in [2.45, 2.75) is 12.8 Å². The van der Waals surface area contributed by atoms with Crippen molar-refractivity contribution in [2.75, 3.05) is 13.1 Å². The van der Waals surface area contributed by atoms with E-state index in [9.17, 15) is 9.59 Å². The molecule has 0 spiro atoms. The fourth-order valence-corrected chi connectivity index (χ4v) is 2.05. The highest BCUT2D eigenvalue weighted by atomic mass is 35.5. The van der Waals surface area contributed by atoms with Crippen LogP contribution >= 0.6 is 11.6 Å². The number of rotatable bonds is 2.